The summed E-state index contributed by atoms with van der Waals surface area (Å²) in [7, 11) is -3.33. The van der Waals surface area contributed by atoms with Crippen LogP contribution in [0, 0.1) is 11.7 Å². The zero-order valence-electron chi connectivity index (χ0n) is 11.5. The Morgan fingerprint density at radius 2 is 2.10 bits per heavy atom. The third-order valence-electron chi connectivity index (χ3n) is 2.87. The number of halogens is 1. The fourth-order valence-electron chi connectivity index (χ4n) is 1.90. The number of aliphatic hydroxyl groups excluding tert-OH is 1. The van der Waals surface area contributed by atoms with Gasteiger partial charge in [0.05, 0.1) is 17.2 Å². The van der Waals surface area contributed by atoms with Crippen LogP contribution in [-0.4, -0.2) is 30.9 Å². The lowest BCUT2D eigenvalue weighted by atomic mass is 10.2. The molecule has 1 aromatic heterocycles. The van der Waals surface area contributed by atoms with E-state index < -0.39 is 9.84 Å². The minimum Gasteiger partial charge on any atom is -0.396 e. The molecule has 0 saturated heterocycles. The Kier molecular flexibility index (Phi) is 5.08. The van der Waals surface area contributed by atoms with E-state index in [4.69, 9.17) is 5.11 Å². The number of benzene rings is 1. The summed E-state index contributed by atoms with van der Waals surface area (Å²) in [5.74, 6) is -0.965. The number of hydrogen-bond donors (Lipinski definition) is 1. The lowest BCUT2D eigenvalue weighted by Crippen LogP contribution is -2.18. The van der Waals surface area contributed by atoms with Crippen molar-refractivity contribution in [3.63, 3.8) is 0 Å². The second-order valence-corrected chi connectivity index (χ2v) is 7.93. The van der Waals surface area contributed by atoms with Gasteiger partial charge in [0.2, 0.25) is 0 Å². The van der Waals surface area contributed by atoms with Gasteiger partial charge in [-0.2, -0.15) is 0 Å². The number of rotatable bonds is 6. The van der Waals surface area contributed by atoms with Gasteiger partial charge < -0.3 is 5.11 Å². The summed E-state index contributed by atoms with van der Waals surface area (Å²) >= 11 is 1.22. The lowest BCUT2D eigenvalue weighted by molar-refractivity contribution is 0.249. The number of aliphatic hydroxyl groups is 1. The second kappa shape index (κ2) is 6.64. The Balaban J connectivity index is 2.16. The minimum atomic E-state index is -3.33. The lowest BCUT2D eigenvalue weighted by Gasteiger charge is -2.07. The zero-order valence-corrected chi connectivity index (χ0v) is 13.1. The predicted molar refractivity (Wildman–Crippen MR) is 81.2 cm³/mol. The standard InChI is InChI=1S/C14H16FNO3S2/c1-10(6-17)8-21(18,19)9-11-7-20-14(16-11)12-4-2-3-5-13(12)15/h2-5,7,10,17H,6,8-9H2,1H3. The van der Waals surface area contributed by atoms with Crippen molar-refractivity contribution >= 4 is 21.2 Å². The van der Waals surface area contributed by atoms with Crippen molar-refractivity contribution in [1.29, 1.82) is 0 Å². The van der Waals surface area contributed by atoms with Crippen LogP contribution in [-0.2, 0) is 15.6 Å². The highest BCUT2D eigenvalue weighted by Gasteiger charge is 2.18. The van der Waals surface area contributed by atoms with Crippen molar-refractivity contribution in [1.82, 2.24) is 4.98 Å². The largest absolute Gasteiger partial charge is 0.396 e. The maximum atomic E-state index is 13.7. The summed E-state index contributed by atoms with van der Waals surface area (Å²) in [4.78, 5) is 4.20. The second-order valence-electron chi connectivity index (χ2n) is 4.97. The molecule has 0 spiro atoms. The van der Waals surface area contributed by atoms with Gasteiger partial charge in [0.15, 0.2) is 9.84 Å². The number of sulfone groups is 1. The molecule has 0 aliphatic heterocycles. The van der Waals surface area contributed by atoms with Crippen molar-refractivity contribution < 1.29 is 17.9 Å². The molecule has 1 N–H and O–H groups in total. The first-order chi connectivity index (χ1) is 9.91. The number of thiazole rings is 1. The molecule has 0 bridgehead atoms. The molecule has 1 aromatic carbocycles. The van der Waals surface area contributed by atoms with Gasteiger partial charge in [0.1, 0.15) is 10.8 Å². The van der Waals surface area contributed by atoms with Gasteiger partial charge in [-0.1, -0.05) is 19.1 Å². The van der Waals surface area contributed by atoms with Crippen molar-refractivity contribution in [2.45, 2.75) is 12.7 Å². The average Bonchev–Trinajstić information content (AvgIpc) is 2.86. The molecule has 114 valence electrons. The monoisotopic (exact) mass is 329 g/mol. The van der Waals surface area contributed by atoms with Gasteiger partial charge in [-0.25, -0.2) is 17.8 Å². The topological polar surface area (TPSA) is 67.3 Å². The van der Waals surface area contributed by atoms with Gasteiger partial charge in [0.25, 0.3) is 0 Å². The van der Waals surface area contributed by atoms with Crippen LogP contribution in [0.5, 0.6) is 0 Å². The van der Waals surface area contributed by atoms with Crippen molar-refractivity contribution in [3.05, 3.63) is 41.2 Å². The minimum absolute atomic E-state index is 0.0872. The first-order valence-corrected chi connectivity index (χ1v) is 9.12. The molecule has 0 aliphatic rings. The van der Waals surface area contributed by atoms with Crippen molar-refractivity contribution in [3.8, 4) is 10.6 Å². The third-order valence-corrected chi connectivity index (χ3v) is 5.61. The van der Waals surface area contributed by atoms with E-state index in [0.717, 1.165) is 0 Å². The molecule has 0 amide bonds. The van der Waals surface area contributed by atoms with Gasteiger partial charge in [-0.15, -0.1) is 11.3 Å². The van der Waals surface area contributed by atoms with Crippen LogP contribution in [0.3, 0.4) is 0 Å². The van der Waals surface area contributed by atoms with Crippen LogP contribution in [0.25, 0.3) is 10.6 Å². The number of hydrogen-bond acceptors (Lipinski definition) is 5. The van der Waals surface area contributed by atoms with Gasteiger partial charge in [-0.3, -0.25) is 0 Å². The van der Waals surface area contributed by atoms with Crippen LogP contribution in [0.4, 0.5) is 4.39 Å². The molecule has 0 radical (unpaired) electrons. The van der Waals surface area contributed by atoms with Gasteiger partial charge >= 0.3 is 0 Å². The molecule has 4 nitrogen and oxygen atoms in total. The van der Waals surface area contributed by atoms with Gasteiger partial charge in [-0.05, 0) is 18.1 Å². The molecule has 0 fully saturated rings. The van der Waals surface area contributed by atoms with Crippen LogP contribution in [0.2, 0.25) is 0 Å². The summed E-state index contributed by atoms with van der Waals surface area (Å²) in [5, 5.41) is 11.0. The van der Waals surface area contributed by atoms with E-state index in [1.165, 1.54) is 17.4 Å². The first kappa shape index (κ1) is 16.1. The molecule has 0 saturated carbocycles. The quantitative estimate of drug-likeness (QED) is 0.884. The number of aromatic nitrogens is 1. The SMILES string of the molecule is CC(CO)CS(=O)(=O)Cc1csc(-c2ccccc2F)n1. The van der Waals surface area contributed by atoms with E-state index in [1.54, 1.807) is 30.5 Å². The predicted octanol–water partition coefficient (Wildman–Crippen LogP) is 2.49. The zero-order chi connectivity index (χ0) is 15.5. The normalized spacial score (nSPS) is 13.3. The molecule has 1 atom stereocenters. The Bertz CT molecular complexity index is 713. The summed E-state index contributed by atoms with van der Waals surface area (Å²) in [6.07, 6.45) is 0. The fraction of sp³-hybridized carbons (Fsp3) is 0.357. The highest BCUT2D eigenvalue weighted by Crippen LogP contribution is 2.26. The molecule has 21 heavy (non-hydrogen) atoms. The molecule has 1 unspecified atom stereocenters. The summed E-state index contributed by atoms with van der Waals surface area (Å²) in [6, 6.07) is 6.25. The summed E-state index contributed by atoms with van der Waals surface area (Å²) < 4.78 is 37.6. The van der Waals surface area contributed by atoms with E-state index in [0.29, 0.717) is 16.3 Å². The average molecular weight is 329 g/mol. The first-order valence-electron chi connectivity index (χ1n) is 6.42. The van der Waals surface area contributed by atoms with E-state index in [2.05, 4.69) is 4.98 Å². The Morgan fingerprint density at radius 3 is 2.76 bits per heavy atom. The third kappa shape index (κ3) is 4.33. The summed E-state index contributed by atoms with van der Waals surface area (Å²) in [6.45, 7) is 1.50. The Hall–Kier alpha value is -1.31. The highest BCUT2D eigenvalue weighted by atomic mass is 32.2. The Labute approximate surface area is 127 Å². The van der Waals surface area contributed by atoms with E-state index >= 15 is 0 Å². The molecule has 2 rings (SSSR count). The molecule has 0 aliphatic carbocycles. The fourth-order valence-corrected chi connectivity index (χ4v) is 4.54. The maximum absolute atomic E-state index is 13.7. The van der Waals surface area contributed by atoms with Crippen LogP contribution in [0.1, 0.15) is 12.6 Å². The highest BCUT2D eigenvalue weighted by molar-refractivity contribution is 7.90. The van der Waals surface area contributed by atoms with Crippen LogP contribution >= 0.6 is 11.3 Å². The van der Waals surface area contributed by atoms with E-state index in [1.807, 2.05) is 0 Å². The molecule has 7 heteroatoms. The van der Waals surface area contributed by atoms with Crippen molar-refractivity contribution in [2.75, 3.05) is 12.4 Å². The van der Waals surface area contributed by atoms with E-state index in [-0.39, 0.29) is 29.8 Å². The smallest absolute Gasteiger partial charge is 0.156 e. The molecule has 1 heterocycles. The van der Waals surface area contributed by atoms with Crippen LogP contribution in [0.15, 0.2) is 29.6 Å². The molecular weight excluding hydrogens is 313 g/mol. The maximum Gasteiger partial charge on any atom is 0.156 e. The Morgan fingerprint density at radius 1 is 1.38 bits per heavy atom. The van der Waals surface area contributed by atoms with E-state index in [9.17, 15) is 12.8 Å². The molecule has 2 aromatic rings. The van der Waals surface area contributed by atoms with Crippen molar-refractivity contribution in [2.24, 2.45) is 5.92 Å². The van der Waals surface area contributed by atoms with Gasteiger partial charge in [0, 0.05) is 17.6 Å². The van der Waals surface area contributed by atoms with Crippen LogP contribution < -0.4 is 0 Å². The summed E-state index contributed by atoms with van der Waals surface area (Å²) in [5.41, 5.74) is 0.776. The number of nitrogens with zero attached hydrogens (tertiary/aromatic N) is 1. The molecular formula is C14H16FNO3S2.